The van der Waals surface area contributed by atoms with E-state index in [1.54, 1.807) is 29.2 Å². The molecule has 1 atom stereocenters. The van der Waals surface area contributed by atoms with Crippen LogP contribution in [0.5, 0.6) is 0 Å². The summed E-state index contributed by atoms with van der Waals surface area (Å²) >= 11 is 0. The Morgan fingerprint density at radius 1 is 0.861 bits per heavy atom. The smallest absolute Gasteiger partial charge is 0.321 e. The molecule has 0 radical (unpaired) electrons. The summed E-state index contributed by atoms with van der Waals surface area (Å²) in [6.07, 6.45) is 1.22. The average Bonchev–Trinajstić information content (AvgIpc) is 2.92. The van der Waals surface area contributed by atoms with E-state index in [1.807, 2.05) is 67.6 Å². The summed E-state index contributed by atoms with van der Waals surface area (Å²) < 4.78 is 0. The van der Waals surface area contributed by atoms with Gasteiger partial charge in [0.05, 0.1) is 0 Å². The molecule has 4 rings (SSSR count). The van der Waals surface area contributed by atoms with E-state index in [9.17, 15) is 14.4 Å². The highest BCUT2D eigenvalue weighted by atomic mass is 16.2. The van der Waals surface area contributed by atoms with Crippen molar-refractivity contribution in [1.82, 2.24) is 15.5 Å². The van der Waals surface area contributed by atoms with Crippen molar-refractivity contribution in [3.8, 4) is 0 Å². The number of anilines is 1. The van der Waals surface area contributed by atoms with Crippen LogP contribution >= 0.6 is 0 Å². The monoisotopic (exact) mass is 484 g/mol. The molecule has 0 bridgehead atoms. The summed E-state index contributed by atoms with van der Waals surface area (Å²) in [4.78, 5) is 40.7. The Labute approximate surface area is 211 Å². The fraction of sp³-hybridized carbons (Fsp3) is 0.276. The second kappa shape index (κ2) is 12.0. The normalized spacial score (nSPS) is 14.5. The highest BCUT2D eigenvalue weighted by Gasteiger charge is 2.34. The summed E-state index contributed by atoms with van der Waals surface area (Å²) in [7, 11) is 0. The molecule has 7 heteroatoms. The van der Waals surface area contributed by atoms with Gasteiger partial charge in [-0.2, -0.15) is 0 Å². The number of piperidine rings is 1. The van der Waals surface area contributed by atoms with Crippen molar-refractivity contribution in [3.63, 3.8) is 0 Å². The number of nitrogens with zero attached hydrogens (tertiary/aromatic N) is 1. The summed E-state index contributed by atoms with van der Waals surface area (Å²) in [5, 5.41) is 8.87. The van der Waals surface area contributed by atoms with Crippen molar-refractivity contribution in [2.75, 3.05) is 18.4 Å². The number of hydrogen-bond acceptors (Lipinski definition) is 3. The largest absolute Gasteiger partial charge is 0.350 e. The van der Waals surface area contributed by atoms with Crippen molar-refractivity contribution in [3.05, 3.63) is 102 Å². The number of aryl methyl sites for hydroxylation is 1. The molecule has 3 aromatic rings. The van der Waals surface area contributed by atoms with Crippen molar-refractivity contribution in [1.29, 1.82) is 0 Å². The maximum atomic E-state index is 13.2. The number of carbonyl (C=O) groups is 3. The van der Waals surface area contributed by atoms with E-state index >= 15 is 0 Å². The van der Waals surface area contributed by atoms with Gasteiger partial charge in [0.25, 0.3) is 5.91 Å². The van der Waals surface area contributed by atoms with Gasteiger partial charge in [0, 0.05) is 30.9 Å². The van der Waals surface area contributed by atoms with Gasteiger partial charge in [0.1, 0.15) is 6.04 Å². The first-order valence-electron chi connectivity index (χ1n) is 12.3. The van der Waals surface area contributed by atoms with Crippen LogP contribution in [0.2, 0.25) is 0 Å². The molecule has 1 aliphatic heterocycles. The van der Waals surface area contributed by atoms with Crippen LogP contribution in [0.1, 0.15) is 34.3 Å². The number of likely N-dealkylation sites (tertiary alicyclic amines) is 1. The predicted octanol–water partition coefficient (Wildman–Crippen LogP) is 4.35. The molecular weight excluding hydrogens is 452 g/mol. The quantitative estimate of drug-likeness (QED) is 0.466. The molecule has 7 nitrogen and oxygen atoms in total. The standard InChI is InChI=1S/C29H32N4O3/c1-21-12-14-25(15-13-21)31-29(36)33-18-16-23(17-19-33)26(32-27(34)24-10-6-3-7-11-24)28(35)30-20-22-8-4-2-5-9-22/h2-15,23,26H,16-20H2,1H3,(H,30,35)(H,31,36)(H,32,34). The Balaban J connectivity index is 1.39. The maximum Gasteiger partial charge on any atom is 0.321 e. The van der Waals surface area contributed by atoms with Crippen LogP contribution in [0.4, 0.5) is 10.5 Å². The zero-order chi connectivity index (χ0) is 25.3. The lowest BCUT2D eigenvalue weighted by molar-refractivity contribution is -0.124. The molecule has 0 spiro atoms. The Bertz CT molecular complexity index is 1160. The van der Waals surface area contributed by atoms with Gasteiger partial charge in [-0.1, -0.05) is 66.2 Å². The van der Waals surface area contributed by atoms with Gasteiger partial charge in [0.2, 0.25) is 5.91 Å². The van der Waals surface area contributed by atoms with E-state index in [0.29, 0.717) is 38.0 Å². The van der Waals surface area contributed by atoms with Gasteiger partial charge in [-0.25, -0.2) is 4.79 Å². The first kappa shape index (κ1) is 25.0. The minimum absolute atomic E-state index is 0.0862. The number of hydrogen-bond donors (Lipinski definition) is 3. The molecular formula is C29H32N4O3. The first-order chi connectivity index (χ1) is 17.5. The Hall–Kier alpha value is -4.13. The van der Waals surface area contributed by atoms with E-state index < -0.39 is 6.04 Å². The van der Waals surface area contributed by atoms with Crippen LogP contribution in [-0.4, -0.2) is 41.9 Å². The second-order valence-electron chi connectivity index (χ2n) is 9.14. The molecule has 0 aromatic heterocycles. The summed E-state index contributed by atoms with van der Waals surface area (Å²) in [5.41, 5.74) is 3.37. The van der Waals surface area contributed by atoms with Gasteiger partial charge in [-0.3, -0.25) is 9.59 Å². The van der Waals surface area contributed by atoms with Crippen LogP contribution < -0.4 is 16.0 Å². The lowest BCUT2D eigenvalue weighted by Crippen LogP contribution is -2.54. The highest BCUT2D eigenvalue weighted by Crippen LogP contribution is 2.23. The first-order valence-corrected chi connectivity index (χ1v) is 12.3. The maximum absolute atomic E-state index is 13.2. The van der Waals surface area contributed by atoms with E-state index in [0.717, 1.165) is 16.8 Å². The molecule has 1 unspecified atom stereocenters. The SMILES string of the molecule is Cc1ccc(NC(=O)N2CCC(C(NC(=O)c3ccccc3)C(=O)NCc3ccccc3)CC2)cc1. The average molecular weight is 485 g/mol. The highest BCUT2D eigenvalue weighted by molar-refractivity contribution is 5.97. The zero-order valence-corrected chi connectivity index (χ0v) is 20.4. The molecule has 1 heterocycles. The van der Waals surface area contributed by atoms with E-state index in [4.69, 9.17) is 0 Å². The van der Waals surface area contributed by atoms with E-state index in [-0.39, 0.29) is 23.8 Å². The molecule has 1 fully saturated rings. The minimum Gasteiger partial charge on any atom is -0.350 e. The lowest BCUT2D eigenvalue weighted by Gasteiger charge is -2.35. The molecule has 1 saturated heterocycles. The number of urea groups is 1. The van der Waals surface area contributed by atoms with Crippen LogP contribution in [0.3, 0.4) is 0 Å². The molecule has 3 aromatic carbocycles. The Morgan fingerprint density at radius 3 is 2.11 bits per heavy atom. The van der Waals surface area contributed by atoms with Crippen molar-refractivity contribution >= 4 is 23.5 Å². The minimum atomic E-state index is -0.691. The Kier molecular flexibility index (Phi) is 8.34. The van der Waals surface area contributed by atoms with Gasteiger partial charge < -0.3 is 20.9 Å². The summed E-state index contributed by atoms with van der Waals surface area (Å²) in [5.74, 6) is -0.586. The summed E-state index contributed by atoms with van der Waals surface area (Å²) in [6.45, 7) is 3.40. The number of nitrogens with one attached hydrogen (secondary N) is 3. The van der Waals surface area contributed by atoms with Gasteiger partial charge >= 0.3 is 6.03 Å². The van der Waals surface area contributed by atoms with Gasteiger partial charge in [0.15, 0.2) is 0 Å². The lowest BCUT2D eigenvalue weighted by atomic mass is 9.88. The van der Waals surface area contributed by atoms with Crippen molar-refractivity contribution in [2.45, 2.75) is 32.4 Å². The molecule has 1 aliphatic rings. The third-order valence-corrected chi connectivity index (χ3v) is 6.52. The summed E-state index contributed by atoms with van der Waals surface area (Å²) in [6, 6.07) is 25.4. The zero-order valence-electron chi connectivity index (χ0n) is 20.4. The fourth-order valence-electron chi connectivity index (χ4n) is 4.38. The molecule has 36 heavy (non-hydrogen) atoms. The molecule has 4 amide bonds. The van der Waals surface area contributed by atoms with Crippen molar-refractivity contribution in [2.24, 2.45) is 5.92 Å². The third-order valence-electron chi connectivity index (χ3n) is 6.52. The number of benzene rings is 3. The number of carbonyl (C=O) groups excluding carboxylic acids is 3. The topological polar surface area (TPSA) is 90.5 Å². The fourth-order valence-corrected chi connectivity index (χ4v) is 4.38. The van der Waals surface area contributed by atoms with Gasteiger partial charge in [-0.05, 0) is 55.5 Å². The van der Waals surface area contributed by atoms with E-state index in [2.05, 4.69) is 16.0 Å². The molecule has 0 aliphatic carbocycles. The number of amides is 4. The van der Waals surface area contributed by atoms with Gasteiger partial charge in [-0.15, -0.1) is 0 Å². The van der Waals surface area contributed by atoms with Crippen LogP contribution in [-0.2, 0) is 11.3 Å². The Morgan fingerprint density at radius 2 is 1.47 bits per heavy atom. The molecule has 186 valence electrons. The number of rotatable bonds is 7. The predicted molar refractivity (Wildman–Crippen MR) is 140 cm³/mol. The van der Waals surface area contributed by atoms with Crippen LogP contribution in [0.25, 0.3) is 0 Å². The third kappa shape index (κ3) is 6.72. The molecule has 3 N–H and O–H groups in total. The second-order valence-corrected chi connectivity index (χ2v) is 9.14. The van der Waals surface area contributed by atoms with Crippen LogP contribution in [0.15, 0.2) is 84.9 Å². The molecule has 0 saturated carbocycles. The van der Waals surface area contributed by atoms with Crippen LogP contribution in [0, 0.1) is 12.8 Å². The van der Waals surface area contributed by atoms with E-state index in [1.165, 1.54) is 0 Å². The van der Waals surface area contributed by atoms with Crippen molar-refractivity contribution < 1.29 is 14.4 Å².